The molecule has 0 saturated carbocycles. The number of benzene rings is 2. The third kappa shape index (κ3) is 5.24. The molecule has 2 N–H and O–H groups in total. The third-order valence-corrected chi connectivity index (χ3v) is 3.08. The average Bonchev–Trinajstić information content (AvgIpc) is 2.53. The molecule has 0 radical (unpaired) electrons. The minimum atomic E-state index is -0.608. The van der Waals surface area contributed by atoms with Crippen LogP contribution in [0.25, 0.3) is 0 Å². The summed E-state index contributed by atoms with van der Waals surface area (Å²) in [6, 6.07) is 13.5. The maximum absolute atomic E-state index is 11.9. The molecule has 0 spiro atoms. The van der Waals surface area contributed by atoms with E-state index in [4.69, 9.17) is 4.74 Å². The average molecular weight is 326 g/mol. The third-order valence-electron chi connectivity index (χ3n) is 3.08. The van der Waals surface area contributed by atoms with Gasteiger partial charge in [0.2, 0.25) is 5.91 Å². The van der Waals surface area contributed by atoms with Crippen molar-refractivity contribution in [3.63, 3.8) is 0 Å². The second kappa shape index (κ2) is 7.92. The number of hydrogen-bond acceptors (Lipinski definition) is 4. The summed E-state index contributed by atoms with van der Waals surface area (Å²) in [5.41, 5.74) is 2.54. The van der Waals surface area contributed by atoms with Gasteiger partial charge < -0.3 is 15.4 Å². The van der Waals surface area contributed by atoms with Gasteiger partial charge in [0.15, 0.2) is 6.61 Å². The van der Waals surface area contributed by atoms with Gasteiger partial charge in [0, 0.05) is 18.3 Å². The first-order chi connectivity index (χ1) is 11.4. The molecule has 0 aliphatic heterocycles. The summed E-state index contributed by atoms with van der Waals surface area (Å²) in [4.78, 5) is 34.6. The first kappa shape index (κ1) is 17.2. The predicted molar refractivity (Wildman–Crippen MR) is 90.8 cm³/mol. The quantitative estimate of drug-likeness (QED) is 0.828. The number of carbonyl (C=O) groups is 3. The molecular weight excluding hydrogens is 308 g/mol. The Balaban J connectivity index is 1.86. The van der Waals surface area contributed by atoms with Gasteiger partial charge in [-0.15, -0.1) is 0 Å². The standard InChI is InChI=1S/C18H18N2O4/c1-12-4-3-5-16(10-12)20-17(22)11-24-18(23)14-6-8-15(9-7-14)19-13(2)21/h3-10H,11H2,1-2H3,(H,19,21)(H,20,22). The van der Waals surface area contributed by atoms with Crippen LogP contribution in [0.1, 0.15) is 22.8 Å². The minimum Gasteiger partial charge on any atom is -0.452 e. The molecule has 6 nitrogen and oxygen atoms in total. The van der Waals surface area contributed by atoms with Crippen LogP contribution in [0, 0.1) is 6.92 Å². The van der Waals surface area contributed by atoms with Gasteiger partial charge in [-0.05, 0) is 48.9 Å². The Morgan fingerprint density at radius 1 is 0.958 bits per heavy atom. The maximum Gasteiger partial charge on any atom is 0.338 e. The fourth-order valence-corrected chi connectivity index (χ4v) is 2.03. The number of ether oxygens (including phenoxy) is 1. The fraction of sp³-hybridized carbons (Fsp3) is 0.167. The monoisotopic (exact) mass is 326 g/mol. The van der Waals surface area contributed by atoms with Crippen LogP contribution in [0.5, 0.6) is 0 Å². The van der Waals surface area contributed by atoms with E-state index in [1.54, 1.807) is 18.2 Å². The van der Waals surface area contributed by atoms with E-state index in [0.717, 1.165) is 5.56 Å². The summed E-state index contributed by atoms with van der Waals surface area (Å²) in [5.74, 6) is -1.22. The van der Waals surface area contributed by atoms with Gasteiger partial charge in [-0.25, -0.2) is 4.79 Å². The maximum atomic E-state index is 11.9. The highest BCUT2D eigenvalue weighted by Gasteiger charge is 2.10. The highest BCUT2D eigenvalue weighted by Crippen LogP contribution is 2.11. The van der Waals surface area contributed by atoms with E-state index >= 15 is 0 Å². The van der Waals surface area contributed by atoms with Gasteiger partial charge in [0.25, 0.3) is 5.91 Å². The smallest absolute Gasteiger partial charge is 0.338 e. The lowest BCUT2D eigenvalue weighted by molar-refractivity contribution is -0.119. The Bertz CT molecular complexity index is 754. The number of carbonyl (C=O) groups excluding carboxylic acids is 3. The van der Waals surface area contributed by atoms with Crippen LogP contribution in [0.15, 0.2) is 48.5 Å². The van der Waals surface area contributed by atoms with Crippen LogP contribution >= 0.6 is 0 Å². The lowest BCUT2D eigenvalue weighted by Crippen LogP contribution is -2.21. The molecule has 0 unspecified atom stereocenters. The second-order valence-electron chi connectivity index (χ2n) is 5.25. The van der Waals surface area contributed by atoms with Crippen molar-refractivity contribution in [3.8, 4) is 0 Å². The number of hydrogen-bond donors (Lipinski definition) is 2. The number of anilines is 2. The number of amides is 2. The predicted octanol–water partition coefficient (Wildman–Crippen LogP) is 2.75. The largest absolute Gasteiger partial charge is 0.452 e. The molecule has 6 heteroatoms. The van der Waals surface area contributed by atoms with Gasteiger partial charge in [-0.3, -0.25) is 9.59 Å². The first-order valence-electron chi connectivity index (χ1n) is 7.35. The molecule has 0 fully saturated rings. The molecule has 0 bridgehead atoms. The molecule has 0 aliphatic rings. The fourth-order valence-electron chi connectivity index (χ4n) is 2.03. The highest BCUT2D eigenvalue weighted by molar-refractivity contribution is 5.96. The van der Waals surface area contributed by atoms with E-state index in [1.165, 1.54) is 19.1 Å². The van der Waals surface area contributed by atoms with Crippen LogP contribution in [0.2, 0.25) is 0 Å². The summed E-state index contributed by atoms with van der Waals surface area (Å²) in [6.45, 7) is 2.94. The van der Waals surface area contributed by atoms with Gasteiger partial charge in [-0.1, -0.05) is 12.1 Å². The zero-order valence-electron chi connectivity index (χ0n) is 13.5. The number of nitrogens with one attached hydrogen (secondary N) is 2. The van der Waals surface area contributed by atoms with Crippen molar-refractivity contribution in [2.24, 2.45) is 0 Å². The van der Waals surface area contributed by atoms with Crippen LogP contribution in [0.4, 0.5) is 11.4 Å². The van der Waals surface area contributed by atoms with Gasteiger partial charge in [0.05, 0.1) is 5.56 Å². The number of esters is 1. The molecule has 2 amide bonds. The van der Waals surface area contributed by atoms with E-state index < -0.39 is 11.9 Å². The molecular formula is C18H18N2O4. The number of rotatable bonds is 5. The highest BCUT2D eigenvalue weighted by atomic mass is 16.5. The SMILES string of the molecule is CC(=O)Nc1ccc(C(=O)OCC(=O)Nc2cccc(C)c2)cc1. The summed E-state index contributed by atoms with van der Waals surface area (Å²) >= 11 is 0. The topological polar surface area (TPSA) is 84.5 Å². The first-order valence-corrected chi connectivity index (χ1v) is 7.35. The van der Waals surface area contributed by atoms with Crippen molar-refractivity contribution in [1.29, 1.82) is 0 Å². The zero-order chi connectivity index (χ0) is 17.5. The van der Waals surface area contributed by atoms with Crippen LogP contribution in [0.3, 0.4) is 0 Å². The van der Waals surface area contributed by atoms with Crippen molar-refractivity contribution in [1.82, 2.24) is 0 Å². The van der Waals surface area contributed by atoms with Crippen molar-refractivity contribution < 1.29 is 19.1 Å². The normalized spacial score (nSPS) is 9.92. The summed E-state index contributed by atoms with van der Waals surface area (Å²) < 4.78 is 4.97. The molecule has 0 aromatic heterocycles. The van der Waals surface area contributed by atoms with Gasteiger partial charge in [-0.2, -0.15) is 0 Å². The molecule has 2 aromatic carbocycles. The Hall–Kier alpha value is -3.15. The van der Waals surface area contributed by atoms with Gasteiger partial charge >= 0.3 is 5.97 Å². The summed E-state index contributed by atoms with van der Waals surface area (Å²) in [5, 5.41) is 5.25. The number of aryl methyl sites for hydroxylation is 1. The summed E-state index contributed by atoms with van der Waals surface area (Å²) in [7, 11) is 0. The lowest BCUT2D eigenvalue weighted by Gasteiger charge is -2.08. The van der Waals surface area contributed by atoms with Crippen LogP contribution < -0.4 is 10.6 Å². The molecule has 0 atom stereocenters. The molecule has 0 saturated heterocycles. The lowest BCUT2D eigenvalue weighted by atomic mass is 10.2. The molecule has 2 rings (SSSR count). The van der Waals surface area contributed by atoms with E-state index in [1.807, 2.05) is 25.1 Å². The Labute approximate surface area is 139 Å². The molecule has 0 heterocycles. The molecule has 2 aromatic rings. The van der Waals surface area contributed by atoms with Crippen molar-refractivity contribution in [2.45, 2.75) is 13.8 Å². The van der Waals surface area contributed by atoms with E-state index in [2.05, 4.69) is 10.6 Å². The van der Waals surface area contributed by atoms with E-state index in [0.29, 0.717) is 16.9 Å². The zero-order valence-corrected chi connectivity index (χ0v) is 13.5. The summed E-state index contributed by atoms with van der Waals surface area (Å²) in [6.07, 6.45) is 0. The Morgan fingerprint density at radius 2 is 1.67 bits per heavy atom. The molecule has 124 valence electrons. The minimum absolute atomic E-state index is 0.196. The Morgan fingerprint density at radius 3 is 2.29 bits per heavy atom. The van der Waals surface area contributed by atoms with E-state index in [-0.39, 0.29) is 12.5 Å². The van der Waals surface area contributed by atoms with Crippen LogP contribution in [-0.2, 0) is 14.3 Å². The Kier molecular flexibility index (Phi) is 5.68. The van der Waals surface area contributed by atoms with Crippen molar-refractivity contribution in [3.05, 3.63) is 59.7 Å². The molecule has 0 aliphatic carbocycles. The van der Waals surface area contributed by atoms with Crippen molar-refractivity contribution >= 4 is 29.2 Å². The van der Waals surface area contributed by atoms with Crippen LogP contribution in [-0.4, -0.2) is 24.4 Å². The second-order valence-corrected chi connectivity index (χ2v) is 5.25. The van der Waals surface area contributed by atoms with Crippen molar-refractivity contribution in [2.75, 3.05) is 17.2 Å². The molecule has 24 heavy (non-hydrogen) atoms. The van der Waals surface area contributed by atoms with Gasteiger partial charge in [0.1, 0.15) is 0 Å². The van der Waals surface area contributed by atoms with E-state index in [9.17, 15) is 14.4 Å².